The maximum atomic E-state index is 13.2. The van der Waals surface area contributed by atoms with Gasteiger partial charge in [-0.05, 0) is 61.4 Å². The fourth-order valence-corrected chi connectivity index (χ4v) is 5.42. The highest BCUT2D eigenvalue weighted by atomic mass is 32.1. The third-order valence-electron chi connectivity index (χ3n) is 6.57. The van der Waals surface area contributed by atoms with Crippen molar-refractivity contribution in [3.8, 4) is 0 Å². The number of piperidine rings is 1. The van der Waals surface area contributed by atoms with Gasteiger partial charge in [0.05, 0.1) is 12.3 Å². The zero-order valence-electron chi connectivity index (χ0n) is 18.6. The SMILES string of the molecule is O=C(N[C@@H]1CCCCC1NC(=O)C1CCCN(C(=O)Cc2cccs2)C1)c1ccc(F)cc1. The Bertz CT molecular complexity index is 964. The number of thiophene rings is 1. The predicted molar refractivity (Wildman–Crippen MR) is 125 cm³/mol. The van der Waals surface area contributed by atoms with Crippen molar-refractivity contribution in [2.45, 2.75) is 57.0 Å². The number of halogens is 1. The third kappa shape index (κ3) is 6.19. The second kappa shape index (κ2) is 10.9. The molecule has 3 amide bonds. The highest BCUT2D eigenvalue weighted by molar-refractivity contribution is 7.10. The van der Waals surface area contributed by atoms with E-state index in [1.165, 1.54) is 24.3 Å². The minimum absolute atomic E-state index is 0.0449. The Morgan fingerprint density at radius 2 is 1.70 bits per heavy atom. The molecule has 6 nitrogen and oxygen atoms in total. The molecule has 2 fully saturated rings. The minimum atomic E-state index is -0.384. The molecule has 1 aromatic carbocycles. The van der Waals surface area contributed by atoms with Gasteiger partial charge >= 0.3 is 0 Å². The molecule has 2 N–H and O–H groups in total. The number of carbonyl (C=O) groups is 3. The Kier molecular flexibility index (Phi) is 7.75. The summed E-state index contributed by atoms with van der Waals surface area (Å²) in [6.07, 6.45) is 5.50. The molecule has 2 aromatic rings. The number of likely N-dealkylation sites (tertiary alicyclic amines) is 1. The number of benzene rings is 1. The van der Waals surface area contributed by atoms with Crippen molar-refractivity contribution in [3.05, 3.63) is 58.0 Å². The van der Waals surface area contributed by atoms with Crippen LogP contribution in [0.3, 0.4) is 0 Å². The lowest BCUT2D eigenvalue weighted by molar-refractivity contribution is -0.135. The standard InChI is InChI=1S/C25H30FN3O3S/c26-19-11-9-17(10-12-19)24(31)27-21-7-1-2-8-22(21)28-25(32)18-5-3-13-29(16-18)23(30)15-20-6-4-14-33-20/h4,6,9-12,14,18,21-22H,1-3,5,7-8,13,15-16H2,(H,27,31)(H,28,32)/t18?,21-,22?/m1/s1. The summed E-state index contributed by atoms with van der Waals surface area (Å²) >= 11 is 1.57. The van der Waals surface area contributed by atoms with Crippen molar-refractivity contribution >= 4 is 29.1 Å². The Morgan fingerprint density at radius 1 is 0.970 bits per heavy atom. The van der Waals surface area contributed by atoms with Gasteiger partial charge in [-0.25, -0.2) is 4.39 Å². The van der Waals surface area contributed by atoms with Crippen molar-refractivity contribution in [1.29, 1.82) is 0 Å². The van der Waals surface area contributed by atoms with Crippen LogP contribution in [0.15, 0.2) is 41.8 Å². The van der Waals surface area contributed by atoms with Crippen LogP contribution in [0.5, 0.6) is 0 Å². The summed E-state index contributed by atoms with van der Waals surface area (Å²) in [6.45, 7) is 1.13. The average Bonchev–Trinajstić information content (AvgIpc) is 3.34. The first-order valence-corrected chi connectivity index (χ1v) is 12.5. The summed E-state index contributed by atoms with van der Waals surface area (Å²) in [5.74, 6) is -0.857. The summed E-state index contributed by atoms with van der Waals surface area (Å²) < 4.78 is 13.2. The fraction of sp³-hybridized carbons (Fsp3) is 0.480. The van der Waals surface area contributed by atoms with E-state index < -0.39 is 0 Å². The average molecular weight is 472 g/mol. The van der Waals surface area contributed by atoms with Crippen LogP contribution in [0.4, 0.5) is 4.39 Å². The smallest absolute Gasteiger partial charge is 0.251 e. The number of hydrogen-bond acceptors (Lipinski definition) is 4. The second-order valence-corrected chi connectivity index (χ2v) is 9.95. The molecule has 0 bridgehead atoms. The molecule has 1 aromatic heterocycles. The van der Waals surface area contributed by atoms with Gasteiger partial charge < -0.3 is 15.5 Å². The number of hydrogen-bond donors (Lipinski definition) is 2. The van der Waals surface area contributed by atoms with Crippen LogP contribution in [-0.2, 0) is 16.0 Å². The molecule has 0 radical (unpaired) electrons. The summed E-state index contributed by atoms with van der Waals surface area (Å²) in [7, 11) is 0. The lowest BCUT2D eigenvalue weighted by atomic mass is 9.88. The van der Waals surface area contributed by atoms with E-state index in [2.05, 4.69) is 10.6 Å². The summed E-state index contributed by atoms with van der Waals surface area (Å²) in [4.78, 5) is 41.2. The molecule has 4 rings (SSSR count). The summed E-state index contributed by atoms with van der Waals surface area (Å²) in [6, 6.07) is 9.05. The Hall–Kier alpha value is -2.74. The molecular weight excluding hydrogens is 441 g/mol. The van der Waals surface area contributed by atoms with E-state index in [-0.39, 0.29) is 41.5 Å². The Balaban J connectivity index is 1.33. The van der Waals surface area contributed by atoms with Gasteiger partial charge in [0.1, 0.15) is 5.82 Å². The lowest BCUT2D eigenvalue weighted by Gasteiger charge is -2.36. The quantitative estimate of drug-likeness (QED) is 0.677. The zero-order valence-corrected chi connectivity index (χ0v) is 19.4. The molecule has 1 saturated heterocycles. The van der Waals surface area contributed by atoms with Crippen molar-refractivity contribution in [3.63, 3.8) is 0 Å². The molecule has 1 aliphatic carbocycles. The van der Waals surface area contributed by atoms with Gasteiger partial charge in [-0.3, -0.25) is 14.4 Å². The normalized spacial score (nSPS) is 23.1. The molecule has 1 aliphatic heterocycles. The maximum Gasteiger partial charge on any atom is 0.251 e. The van der Waals surface area contributed by atoms with E-state index in [4.69, 9.17) is 0 Å². The zero-order chi connectivity index (χ0) is 23.2. The van der Waals surface area contributed by atoms with Crippen molar-refractivity contribution in [2.24, 2.45) is 5.92 Å². The van der Waals surface area contributed by atoms with Crippen molar-refractivity contribution in [2.75, 3.05) is 13.1 Å². The lowest BCUT2D eigenvalue weighted by Crippen LogP contribution is -2.55. The van der Waals surface area contributed by atoms with Crippen LogP contribution in [0.1, 0.15) is 53.8 Å². The molecule has 176 valence electrons. The highest BCUT2D eigenvalue weighted by Gasteiger charge is 2.33. The van der Waals surface area contributed by atoms with Crippen LogP contribution in [-0.4, -0.2) is 47.8 Å². The van der Waals surface area contributed by atoms with Gasteiger partial charge in [0.25, 0.3) is 5.91 Å². The van der Waals surface area contributed by atoms with E-state index in [9.17, 15) is 18.8 Å². The number of nitrogens with one attached hydrogen (secondary N) is 2. The van der Waals surface area contributed by atoms with Crippen LogP contribution in [0, 0.1) is 11.7 Å². The first kappa shape index (κ1) is 23.4. The molecule has 0 spiro atoms. The fourth-order valence-electron chi connectivity index (χ4n) is 4.72. The molecule has 8 heteroatoms. The van der Waals surface area contributed by atoms with Gasteiger partial charge in [-0.2, -0.15) is 0 Å². The molecule has 33 heavy (non-hydrogen) atoms. The maximum absolute atomic E-state index is 13.2. The largest absolute Gasteiger partial charge is 0.351 e. The van der Waals surface area contributed by atoms with Gasteiger partial charge in [0.2, 0.25) is 11.8 Å². The first-order valence-electron chi connectivity index (χ1n) is 11.7. The third-order valence-corrected chi connectivity index (χ3v) is 7.44. The van der Waals surface area contributed by atoms with Gasteiger partial charge in [-0.1, -0.05) is 18.9 Å². The van der Waals surface area contributed by atoms with Gasteiger partial charge in [0.15, 0.2) is 0 Å². The molecular formula is C25H30FN3O3S. The molecule has 1 saturated carbocycles. The highest BCUT2D eigenvalue weighted by Crippen LogP contribution is 2.23. The van der Waals surface area contributed by atoms with E-state index >= 15 is 0 Å². The predicted octanol–water partition coefficient (Wildman–Crippen LogP) is 3.53. The van der Waals surface area contributed by atoms with Crippen LogP contribution in [0.25, 0.3) is 0 Å². The molecule has 2 unspecified atom stereocenters. The second-order valence-electron chi connectivity index (χ2n) is 8.92. The van der Waals surface area contributed by atoms with Crippen molar-refractivity contribution in [1.82, 2.24) is 15.5 Å². The molecule has 3 atom stereocenters. The van der Waals surface area contributed by atoms with Crippen molar-refractivity contribution < 1.29 is 18.8 Å². The first-order chi connectivity index (χ1) is 16.0. The Labute approximate surface area is 197 Å². The van der Waals surface area contributed by atoms with E-state index in [1.54, 1.807) is 11.3 Å². The van der Waals surface area contributed by atoms with Gasteiger partial charge in [0, 0.05) is 35.6 Å². The van der Waals surface area contributed by atoms with Crippen LogP contribution >= 0.6 is 11.3 Å². The Morgan fingerprint density at radius 3 is 2.39 bits per heavy atom. The summed E-state index contributed by atoms with van der Waals surface area (Å²) in [5.41, 5.74) is 0.402. The van der Waals surface area contributed by atoms with Crippen LogP contribution in [0.2, 0.25) is 0 Å². The monoisotopic (exact) mass is 471 g/mol. The number of rotatable bonds is 6. The van der Waals surface area contributed by atoms with E-state index in [1.807, 2.05) is 22.4 Å². The number of amides is 3. The van der Waals surface area contributed by atoms with E-state index in [0.29, 0.717) is 25.1 Å². The van der Waals surface area contributed by atoms with Gasteiger partial charge in [-0.15, -0.1) is 11.3 Å². The van der Waals surface area contributed by atoms with E-state index in [0.717, 1.165) is 43.4 Å². The topological polar surface area (TPSA) is 78.5 Å². The molecule has 2 aliphatic rings. The number of carbonyl (C=O) groups excluding carboxylic acids is 3. The number of nitrogens with zero attached hydrogens (tertiary/aromatic N) is 1. The van der Waals surface area contributed by atoms with Crippen LogP contribution < -0.4 is 10.6 Å². The minimum Gasteiger partial charge on any atom is -0.351 e. The molecule has 2 heterocycles. The summed E-state index contributed by atoms with van der Waals surface area (Å²) in [5, 5.41) is 8.15.